The molecule has 37 heavy (non-hydrogen) atoms. The van der Waals surface area contributed by atoms with Gasteiger partial charge in [0.15, 0.2) is 0 Å². The number of β-amino-alcohol motifs (C(OH)–C–C–N with tert-alkyl or cyclic N) is 1. The molecule has 1 saturated heterocycles. The molecule has 2 unspecified atom stereocenters. The number of nitriles is 1. The number of aliphatic imine (C=N–C) groups is 1. The molecule has 5 atom stereocenters. The van der Waals surface area contributed by atoms with E-state index in [-0.39, 0.29) is 24.9 Å². The average Bonchev–Trinajstić information content (AvgIpc) is 3.40. The van der Waals surface area contributed by atoms with Crippen molar-refractivity contribution in [3.63, 3.8) is 0 Å². The lowest BCUT2D eigenvalue weighted by Crippen LogP contribution is -2.58. The highest BCUT2D eigenvalue weighted by molar-refractivity contribution is 8.12. The van der Waals surface area contributed by atoms with E-state index < -0.39 is 40.8 Å². The summed E-state index contributed by atoms with van der Waals surface area (Å²) in [6.45, 7) is 7.86. The van der Waals surface area contributed by atoms with Crippen LogP contribution in [0.15, 0.2) is 29.3 Å². The van der Waals surface area contributed by atoms with Crippen molar-refractivity contribution in [3.05, 3.63) is 35.4 Å². The van der Waals surface area contributed by atoms with Gasteiger partial charge < -0.3 is 20.6 Å². The number of aliphatic hydroxyl groups is 1. The van der Waals surface area contributed by atoms with Gasteiger partial charge in [0.1, 0.15) is 17.5 Å². The van der Waals surface area contributed by atoms with Crippen LogP contribution in [0.25, 0.3) is 0 Å². The van der Waals surface area contributed by atoms with Crippen molar-refractivity contribution in [2.24, 2.45) is 15.8 Å². The molecule has 2 aliphatic heterocycles. The lowest BCUT2D eigenvalue weighted by atomic mass is 9.85. The Labute approximate surface area is 222 Å². The van der Waals surface area contributed by atoms with Gasteiger partial charge in [-0.3, -0.25) is 19.4 Å². The number of thioether (sulfide) groups is 1. The molecule has 0 radical (unpaired) electrons. The first-order valence-corrected chi connectivity index (χ1v) is 13.6. The second-order valence-electron chi connectivity index (χ2n) is 11.4. The van der Waals surface area contributed by atoms with Gasteiger partial charge in [-0.1, -0.05) is 45.0 Å². The fourth-order valence-corrected chi connectivity index (χ4v) is 5.79. The van der Waals surface area contributed by atoms with Crippen molar-refractivity contribution in [2.75, 3.05) is 6.54 Å². The fraction of sp³-hybridized carbons (Fsp3) is 0.593. The molecule has 1 aromatic rings. The molecule has 3 N–H and O–H groups in total. The Bertz CT molecular complexity index is 1120. The van der Waals surface area contributed by atoms with Crippen molar-refractivity contribution in [3.8, 4) is 6.07 Å². The van der Waals surface area contributed by atoms with Gasteiger partial charge in [0.2, 0.25) is 17.7 Å². The Morgan fingerprint density at radius 1 is 1.27 bits per heavy atom. The molecule has 10 heteroatoms. The van der Waals surface area contributed by atoms with Crippen molar-refractivity contribution >= 4 is 35.0 Å². The number of nitrogens with zero attached hydrogens (tertiary/aromatic N) is 3. The van der Waals surface area contributed by atoms with E-state index in [0.29, 0.717) is 24.6 Å². The largest absolute Gasteiger partial charge is 0.391 e. The molecule has 2 fully saturated rings. The summed E-state index contributed by atoms with van der Waals surface area (Å²) in [5, 5.41) is 25.7. The van der Waals surface area contributed by atoms with Crippen LogP contribution in [0.1, 0.15) is 63.3 Å². The van der Waals surface area contributed by atoms with Crippen LogP contribution in [0.4, 0.5) is 0 Å². The highest BCUT2D eigenvalue weighted by Gasteiger charge is 2.53. The summed E-state index contributed by atoms with van der Waals surface area (Å²) in [6, 6.07) is 8.55. The third kappa shape index (κ3) is 5.83. The Morgan fingerprint density at radius 3 is 2.49 bits per heavy atom. The van der Waals surface area contributed by atoms with Gasteiger partial charge in [-0.15, -0.1) is 11.8 Å². The Balaban J connectivity index is 1.41. The van der Waals surface area contributed by atoms with Crippen LogP contribution in [-0.4, -0.2) is 64.0 Å². The topological polar surface area (TPSA) is 135 Å². The number of rotatable bonds is 7. The zero-order valence-electron chi connectivity index (χ0n) is 21.7. The van der Waals surface area contributed by atoms with Crippen LogP contribution in [0.2, 0.25) is 0 Å². The summed E-state index contributed by atoms with van der Waals surface area (Å²) in [7, 11) is 0. The van der Waals surface area contributed by atoms with Gasteiger partial charge in [-0.05, 0) is 36.3 Å². The number of amides is 3. The predicted molar refractivity (Wildman–Crippen MR) is 141 cm³/mol. The minimum atomic E-state index is -1.07. The van der Waals surface area contributed by atoms with Gasteiger partial charge >= 0.3 is 0 Å². The van der Waals surface area contributed by atoms with Gasteiger partial charge in [0, 0.05) is 19.5 Å². The van der Waals surface area contributed by atoms with E-state index >= 15 is 0 Å². The van der Waals surface area contributed by atoms with Crippen LogP contribution in [0, 0.1) is 22.2 Å². The third-order valence-corrected chi connectivity index (χ3v) is 8.57. The van der Waals surface area contributed by atoms with Crippen molar-refractivity contribution < 1.29 is 19.5 Å². The monoisotopic (exact) mass is 525 g/mol. The van der Waals surface area contributed by atoms with Gasteiger partial charge in [0.25, 0.3) is 0 Å². The first-order chi connectivity index (χ1) is 17.4. The molecule has 0 spiro atoms. The minimum Gasteiger partial charge on any atom is -0.391 e. The molecule has 198 valence electrons. The van der Waals surface area contributed by atoms with Crippen molar-refractivity contribution in [1.29, 1.82) is 5.26 Å². The predicted octanol–water partition coefficient (Wildman–Crippen LogP) is 2.30. The minimum absolute atomic E-state index is 0.0107. The summed E-state index contributed by atoms with van der Waals surface area (Å²) in [6.07, 6.45) is 0.236. The van der Waals surface area contributed by atoms with E-state index in [1.165, 1.54) is 10.5 Å². The number of aliphatic hydroxyl groups excluding tert-OH is 1. The molecular weight excluding hydrogens is 490 g/mol. The lowest BCUT2D eigenvalue weighted by Gasteiger charge is -2.35. The van der Waals surface area contributed by atoms with Gasteiger partial charge in [-0.2, -0.15) is 5.26 Å². The van der Waals surface area contributed by atoms with E-state index in [0.717, 1.165) is 5.56 Å². The highest BCUT2D eigenvalue weighted by atomic mass is 32.2. The number of carbonyl (C=O) groups excluding carboxylic acids is 3. The zero-order valence-corrected chi connectivity index (χ0v) is 22.5. The van der Waals surface area contributed by atoms with Gasteiger partial charge in [-0.25, -0.2) is 0 Å². The first kappa shape index (κ1) is 27.1. The molecule has 0 bridgehead atoms. The number of carbonyl (C=O) groups is 3. The van der Waals surface area contributed by atoms with E-state index in [9.17, 15) is 24.8 Å². The number of nitrogens with one attached hydrogen (secondary N) is 2. The van der Waals surface area contributed by atoms with E-state index in [4.69, 9.17) is 0 Å². The molecular formula is C27H35N5O4S. The van der Waals surface area contributed by atoms with Gasteiger partial charge in [0.05, 0.1) is 29.0 Å². The second-order valence-corrected chi connectivity index (χ2v) is 12.4. The quantitative estimate of drug-likeness (QED) is 0.500. The molecule has 0 aromatic heterocycles. The molecule has 3 amide bonds. The normalized spacial score (nSPS) is 26.9. The van der Waals surface area contributed by atoms with Crippen molar-refractivity contribution in [1.82, 2.24) is 15.5 Å². The molecule has 1 aromatic carbocycles. The molecule has 4 rings (SSSR count). The molecule has 9 nitrogen and oxygen atoms in total. The standard InChI is InChI=1S/C27H35N5O4S/c1-16-21(37-15-30-16)18-7-5-17(6-8-18)12-29-23(34)20-11-19(33)13-32(20)24(35)22(26(2,3)4)31-25(36)27(14-28)9-10-27/h5-8,15-16,19-22,33H,9-13H2,1-4H3,(H,29,34)(H,31,36)/t16?,19-,20+,21?,22-/m1/s1. The Hall–Kier alpha value is -2.90. The van der Waals surface area contributed by atoms with Crippen LogP contribution in [-0.2, 0) is 20.9 Å². The number of hydrogen-bond acceptors (Lipinski definition) is 7. The van der Waals surface area contributed by atoms with Crippen molar-refractivity contribution in [2.45, 2.75) is 83.0 Å². The summed E-state index contributed by atoms with van der Waals surface area (Å²) in [5.74, 6) is -1.23. The summed E-state index contributed by atoms with van der Waals surface area (Å²) < 4.78 is 0. The first-order valence-electron chi connectivity index (χ1n) is 12.7. The van der Waals surface area contributed by atoms with E-state index in [1.807, 2.05) is 50.6 Å². The SMILES string of the molecule is CC1N=CSC1c1ccc(CNC(=O)[C@@H]2C[C@@H](O)CN2C(=O)[C@@H](NC(=O)C2(C#N)CC2)C(C)(C)C)cc1. The maximum absolute atomic E-state index is 13.6. The van der Waals surface area contributed by atoms with E-state index in [1.54, 1.807) is 11.8 Å². The molecule has 1 saturated carbocycles. The zero-order chi connectivity index (χ0) is 27.0. The van der Waals surface area contributed by atoms with Crippen LogP contribution in [0.3, 0.4) is 0 Å². The summed E-state index contributed by atoms with van der Waals surface area (Å²) in [4.78, 5) is 45.3. The summed E-state index contributed by atoms with van der Waals surface area (Å²) in [5.41, 5.74) is 2.27. The van der Waals surface area contributed by atoms with Crippen LogP contribution in [0.5, 0.6) is 0 Å². The highest BCUT2D eigenvalue weighted by Crippen LogP contribution is 2.45. The number of hydrogen-bond donors (Lipinski definition) is 3. The molecule has 2 heterocycles. The maximum atomic E-state index is 13.6. The third-order valence-electron chi connectivity index (χ3n) is 7.37. The maximum Gasteiger partial charge on any atom is 0.246 e. The van der Waals surface area contributed by atoms with Crippen LogP contribution < -0.4 is 10.6 Å². The lowest BCUT2D eigenvalue weighted by molar-refractivity contribution is -0.144. The smallest absolute Gasteiger partial charge is 0.246 e. The average molecular weight is 526 g/mol. The second kappa shape index (κ2) is 10.5. The molecule has 3 aliphatic rings. The summed E-state index contributed by atoms with van der Waals surface area (Å²) >= 11 is 1.70. The fourth-order valence-electron chi connectivity index (χ4n) is 4.78. The Kier molecular flexibility index (Phi) is 7.67. The molecule has 1 aliphatic carbocycles. The number of benzene rings is 1. The van der Waals surface area contributed by atoms with Crippen LogP contribution >= 0.6 is 11.8 Å². The number of likely N-dealkylation sites (tertiary alicyclic amines) is 1. The Morgan fingerprint density at radius 2 is 1.95 bits per heavy atom. The van der Waals surface area contributed by atoms with E-state index in [2.05, 4.69) is 28.6 Å².